The van der Waals surface area contributed by atoms with Crippen LogP contribution in [0.5, 0.6) is 0 Å². The Morgan fingerprint density at radius 1 is 1.18 bits per heavy atom. The number of carbonyl (C=O) groups is 2. The van der Waals surface area contributed by atoms with Gasteiger partial charge in [0.2, 0.25) is 0 Å². The minimum absolute atomic E-state index is 0.212. The topological polar surface area (TPSA) is 96.7 Å². The second-order valence-corrected chi connectivity index (χ2v) is 8.04. The molecule has 1 aromatic carbocycles. The lowest BCUT2D eigenvalue weighted by Crippen LogP contribution is -2.31. The number of carbonyl (C=O) groups excluding carboxylic acids is 1. The smallest absolute Gasteiger partial charge is 0.335 e. The highest BCUT2D eigenvalue weighted by atomic mass is 32.1. The molecule has 0 saturated carbocycles. The van der Waals surface area contributed by atoms with Gasteiger partial charge in [0, 0.05) is 36.7 Å². The van der Waals surface area contributed by atoms with Crippen molar-refractivity contribution < 1.29 is 19.4 Å². The third-order valence-electron chi connectivity index (χ3n) is 5.66. The summed E-state index contributed by atoms with van der Waals surface area (Å²) in [6.07, 6.45) is 4.51. The van der Waals surface area contributed by atoms with Gasteiger partial charge in [0.1, 0.15) is 0 Å². The number of benzene rings is 1. The van der Waals surface area contributed by atoms with E-state index in [1.165, 1.54) is 7.11 Å². The monoisotopic (exact) mass is 464 g/mol. The molecule has 0 bridgehead atoms. The molecule has 0 unspecified atom stereocenters. The number of rotatable bonds is 8. The second kappa shape index (κ2) is 9.83. The number of carboxylic acids is 1. The number of aromatic nitrogens is 2. The Hall–Kier alpha value is -3.72. The highest BCUT2D eigenvalue weighted by Gasteiger charge is 2.41. The molecule has 1 fully saturated rings. The largest absolute Gasteiger partial charge is 0.478 e. The Morgan fingerprint density at radius 3 is 2.76 bits per heavy atom. The number of nitrogens with zero attached hydrogens (tertiary/aromatic N) is 3. The molecule has 33 heavy (non-hydrogen) atoms. The number of pyridine rings is 1. The summed E-state index contributed by atoms with van der Waals surface area (Å²) in [5, 5.41) is 13.4. The molecule has 1 saturated heterocycles. The molecule has 0 radical (unpaired) electrons. The molecule has 8 nitrogen and oxygen atoms in total. The number of nitrogens with one attached hydrogen (secondary N) is 1. The first-order valence-corrected chi connectivity index (χ1v) is 11.0. The van der Waals surface area contributed by atoms with Crippen molar-refractivity contribution >= 4 is 29.3 Å². The normalized spacial score (nSPS) is 17.6. The van der Waals surface area contributed by atoms with Gasteiger partial charge in [-0.3, -0.25) is 9.78 Å². The number of methoxy groups -OCH3 is 1. The molecule has 2 aromatic heterocycles. The number of hydrogen-bond acceptors (Lipinski definition) is 5. The van der Waals surface area contributed by atoms with Gasteiger partial charge in [0.15, 0.2) is 5.11 Å². The molecule has 3 heterocycles. The van der Waals surface area contributed by atoms with Gasteiger partial charge in [-0.1, -0.05) is 12.1 Å². The van der Waals surface area contributed by atoms with Crippen molar-refractivity contribution in [1.82, 2.24) is 19.8 Å². The third kappa shape index (κ3) is 4.73. The van der Waals surface area contributed by atoms with Gasteiger partial charge in [-0.25, -0.2) is 4.79 Å². The van der Waals surface area contributed by atoms with E-state index in [2.05, 4.69) is 15.2 Å². The minimum atomic E-state index is -0.981. The van der Waals surface area contributed by atoms with E-state index in [-0.39, 0.29) is 30.0 Å². The number of ether oxygens (including phenoxy) is 1. The average molecular weight is 465 g/mol. The summed E-state index contributed by atoms with van der Waals surface area (Å²) in [5.74, 6) is -1.25. The molecule has 1 aliphatic rings. The fourth-order valence-corrected chi connectivity index (χ4v) is 4.45. The van der Waals surface area contributed by atoms with Crippen LogP contribution in [0, 0.1) is 0 Å². The van der Waals surface area contributed by atoms with Gasteiger partial charge in [-0.15, -0.1) is 0 Å². The molecule has 2 atom stereocenters. The van der Waals surface area contributed by atoms with Crippen molar-refractivity contribution in [1.29, 1.82) is 0 Å². The van der Waals surface area contributed by atoms with Gasteiger partial charge in [-0.2, -0.15) is 0 Å². The SMILES string of the molecule is COC(=O)CCCN1C(=S)N[C@@H](c2ccccn2)[C@@H]1c1cccn1-c1cccc(C(=O)O)c1. The third-order valence-corrected chi connectivity index (χ3v) is 6.01. The Morgan fingerprint density at radius 2 is 2.03 bits per heavy atom. The van der Waals surface area contributed by atoms with Crippen LogP contribution in [-0.2, 0) is 9.53 Å². The summed E-state index contributed by atoms with van der Waals surface area (Å²) in [6.45, 7) is 0.551. The molecule has 3 aromatic rings. The lowest BCUT2D eigenvalue weighted by Gasteiger charge is -2.29. The van der Waals surface area contributed by atoms with E-state index in [4.69, 9.17) is 17.0 Å². The van der Waals surface area contributed by atoms with Crippen LogP contribution in [0.15, 0.2) is 67.0 Å². The molecule has 0 aliphatic carbocycles. The Kier molecular flexibility index (Phi) is 6.69. The quantitative estimate of drug-likeness (QED) is 0.386. The Balaban J connectivity index is 1.73. The van der Waals surface area contributed by atoms with Crippen LogP contribution in [0.25, 0.3) is 5.69 Å². The van der Waals surface area contributed by atoms with Gasteiger partial charge in [0.05, 0.1) is 30.5 Å². The molecule has 0 amide bonds. The predicted octanol–water partition coefficient (Wildman–Crippen LogP) is 3.50. The van der Waals surface area contributed by atoms with E-state index in [1.54, 1.807) is 24.4 Å². The summed E-state index contributed by atoms with van der Waals surface area (Å²) < 4.78 is 6.74. The van der Waals surface area contributed by atoms with E-state index in [0.29, 0.717) is 18.1 Å². The molecule has 9 heteroatoms. The highest BCUT2D eigenvalue weighted by Crippen LogP contribution is 2.39. The first-order chi connectivity index (χ1) is 16.0. The lowest BCUT2D eigenvalue weighted by atomic mass is 10.0. The van der Waals surface area contributed by atoms with Crippen molar-refractivity contribution in [3.63, 3.8) is 0 Å². The van der Waals surface area contributed by atoms with Gasteiger partial charge in [0.25, 0.3) is 0 Å². The fourth-order valence-electron chi connectivity index (χ4n) is 4.12. The molecule has 170 valence electrons. The summed E-state index contributed by atoms with van der Waals surface area (Å²) in [5.41, 5.74) is 2.72. The minimum Gasteiger partial charge on any atom is -0.478 e. The van der Waals surface area contributed by atoms with Crippen LogP contribution >= 0.6 is 12.2 Å². The molecule has 1 aliphatic heterocycles. The average Bonchev–Trinajstić information content (AvgIpc) is 3.44. The molecular formula is C24H24N4O4S. The number of esters is 1. The van der Waals surface area contributed by atoms with Crippen molar-refractivity contribution in [2.45, 2.75) is 24.9 Å². The zero-order chi connectivity index (χ0) is 23.4. The first-order valence-electron chi connectivity index (χ1n) is 10.6. The van der Waals surface area contributed by atoms with E-state index in [1.807, 2.05) is 47.2 Å². The molecule has 4 rings (SSSR count). The van der Waals surface area contributed by atoms with Crippen LogP contribution in [0.3, 0.4) is 0 Å². The van der Waals surface area contributed by atoms with E-state index in [0.717, 1.165) is 17.1 Å². The van der Waals surface area contributed by atoms with Crippen molar-refractivity contribution in [3.05, 3.63) is 83.9 Å². The molecule has 2 N–H and O–H groups in total. The van der Waals surface area contributed by atoms with Crippen molar-refractivity contribution in [3.8, 4) is 5.69 Å². The van der Waals surface area contributed by atoms with Crippen molar-refractivity contribution in [2.75, 3.05) is 13.7 Å². The van der Waals surface area contributed by atoms with Crippen LogP contribution in [-0.4, -0.2) is 50.3 Å². The maximum absolute atomic E-state index is 11.6. The maximum Gasteiger partial charge on any atom is 0.335 e. The van der Waals surface area contributed by atoms with Crippen LogP contribution in [0.1, 0.15) is 46.7 Å². The standard InChI is InChI=1S/C24H24N4O4S/c1-32-20(29)11-6-14-28-22(21(26-24(28)33)18-9-2-3-12-25-18)19-10-5-13-27(19)17-8-4-7-16(15-17)23(30)31/h2-5,7-10,12-13,15,21-22H,6,11,14H2,1H3,(H,26,33)(H,30,31)/t21-,22-/m0/s1. The predicted molar refractivity (Wildman–Crippen MR) is 126 cm³/mol. The zero-order valence-electron chi connectivity index (χ0n) is 18.0. The molecule has 0 spiro atoms. The van der Waals surface area contributed by atoms with Crippen LogP contribution in [0.4, 0.5) is 0 Å². The Labute approximate surface area is 196 Å². The van der Waals surface area contributed by atoms with E-state index in [9.17, 15) is 14.7 Å². The summed E-state index contributed by atoms with van der Waals surface area (Å²) in [6, 6.07) is 16.0. The van der Waals surface area contributed by atoms with Crippen LogP contribution in [0.2, 0.25) is 0 Å². The van der Waals surface area contributed by atoms with E-state index >= 15 is 0 Å². The summed E-state index contributed by atoms with van der Waals surface area (Å²) >= 11 is 5.67. The zero-order valence-corrected chi connectivity index (χ0v) is 18.9. The number of carboxylic acid groups (broad SMARTS) is 1. The number of thiocarbonyl (C=S) groups is 1. The van der Waals surface area contributed by atoms with Crippen LogP contribution < -0.4 is 5.32 Å². The van der Waals surface area contributed by atoms with Crippen molar-refractivity contribution in [2.24, 2.45) is 0 Å². The number of hydrogen-bond donors (Lipinski definition) is 2. The van der Waals surface area contributed by atoms with Gasteiger partial charge >= 0.3 is 11.9 Å². The summed E-state index contributed by atoms with van der Waals surface area (Å²) in [4.78, 5) is 29.7. The lowest BCUT2D eigenvalue weighted by molar-refractivity contribution is -0.140. The number of aromatic carboxylic acids is 1. The summed E-state index contributed by atoms with van der Waals surface area (Å²) in [7, 11) is 1.38. The van der Waals surface area contributed by atoms with Gasteiger partial charge < -0.3 is 24.6 Å². The molecular weight excluding hydrogens is 440 g/mol. The van der Waals surface area contributed by atoms with E-state index < -0.39 is 5.97 Å². The Bertz CT molecular complexity index is 1160. The second-order valence-electron chi connectivity index (χ2n) is 7.66. The highest BCUT2D eigenvalue weighted by molar-refractivity contribution is 7.80. The maximum atomic E-state index is 11.6. The fraction of sp³-hybridized carbons (Fsp3) is 0.250. The first kappa shape index (κ1) is 22.5. The van der Waals surface area contributed by atoms with Gasteiger partial charge in [-0.05, 0) is 61.1 Å².